The van der Waals surface area contributed by atoms with E-state index in [1.165, 1.54) is 6.92 Å². The highest BCUT2D eigenvalue weighted by molar-refractivity contribution is 6.70. The predicted molar refractivity (Wildman–Crippen MR) is 207 cm³/mol. The molecule has 0 aromatic heterocycles. The van der Waals surface area contributed by atoms with Gasteiger partial charge in [0.15, 0.2) is 11.5 Å². The molecule has 0 atom stereocenters. The maximum atomic E-state index is 12.7. The molecule has 0 saturated heterocycles. The fourth-order valence-electron chi connectivity index (χ4n) is 6.17. The Morgan fingerprint density at radius 3 is 2.00 bits per heavy atom. The van der Waals surface area contributed by atoms with Crippen LogP contribution in [-0.4, -0.2) is 40.1 Å². The lowest BCUT2D eigenvalue weighted by Gasteiger charge is -2.36. The van der Waals surface area contributed by atoms with Crippen molar-refractivity contribution < 1.29 is 14.4 Å². The third-order valence-electron chi connectivity index (χ3n) is 8.64. The molecule has 0 fully saturated rings. The van der Waals surface area contributed by atoms with Crippen molar-refractivity contribution in [2.75, 3.05) is 10.7 Å². The molecule has 10 nitrogen and oxygen atoms in total. The minimum atomic E-state index is -0.658. The number of amides is 2. The second kappa shape index (κ2) is 15.3. The van der Waals surface area contributed by atoms with E-state index in [-0.39, 0.29) is 28.1 Å². The monoisotopic (exact) mass is 693 g/mol. The summed E-state index contributed by atoms with van der Waals surface area (Å²) in [6, 6.07) is 32.1. The van der Waals surface area contributed by atoms with Gasteiger partial charge in [-0.05, 0) is 102 Å². The maximum absolute atomic E-state index is 12.7. The van der Waals surface area contributed by atoms with Gasteiger partial charge in [-0.15, -0.1) is 0 Å². The summed E-state index contributed by atoms with van der Waals surface area (Å²) in [5.74, 6) is -1.08. The average molecular weight is 694 g/mol. The number of aryl methyl sites for hydroxylation is 1. The number of hydrogen-bond acceptors (Lipinski definition) is 8. The number of ketones is 1. The van der Waals surface area contributed by atoms with Crippen LogP contribution in [0.4, 0.5) is 11.4 Å². The van der Waals surface area contributed by atoms with E-state index in [2.05, 4.69) is 41.1 Å². The Morgan fingerprint density at radius 2 is 1.40 bits per heavy atom. The first-order valence-electron chi connectivity index (χ1n) is 17.0. The molecule has 0 spiro atoms. The smallest absolute Gasteiger partial charge is 0.271 e. The highest BCUT2D eigenvalue weighted by Crippen LogP contribution is 2.32. The molecule has 0 bridgehead atoms. The van der Waals surface area contributed by atoms with Gasteiger partial charge in [0.1, 0.15) is 11.6 Å². The first kappa shape index (κ1) is 36.9. The summed E-state index contributed by atoms with van der Waals surface area (Å²) in [5.41, 5.74) is 16.2. The minimum absolute atomic E-state index is 0.0155. The number of primary amides is 1. The van der Waals surface area contributed by atoms with E-state index in [0.29, 0.717) is 28.3 Å². The van der Waals surface area contributed by atoms with Crippen LogP contribution in [0.5, 0.6) is 0 Å². The van der Waals surface area contributed by atoms with E-state index in [1.807, 2.05) is 93.6 Å². The zero-order chi connectivity index (χ0) is 37.6. The van der Waals surface area contributed by atoms with Crippen molar-refractivity contribution in [2.45, 2.75) is 65.5 Å². The third-order valence-corrected chi connectivity index (χ3v) is 8.64. The zero-order valence-electron chi connectivity index (χ0n) is 30.3. The summed E-state index contributed by atoms with van der Waals surface area (Å²) < 4.78 is 0. The van der Waals surface area contributed by atoms with Crippen LogP contribution in [0.1, 0.15) is 72.8 Å². The Hall–Kier alpha value is -6.34. The molecule has 52 heavy (non-hydrogen) atoms. The van der Waals surface area contributed by atoms with Gasteiger partial charge in [0.05, 0.1) is 22.6 Å². The van der Waals surface area contributed by atoms with Crippen LogP contribution >= 0.6 is 0 Å². The van der Waals surface area contributed by atoms with Gasteiger partial charge < -0.3 is 16.4 Å². The second-order valence-electron chi connectivity index (χ2n) is 14.2. The molecule has 4 aromatic rings. The molecule has 2 aliphatic rings. The molecule has 0 saturated carbocycles. The van der Waals surface area contributed by atoms with Crippen LogP contribution in [0, 0.1) is 18.3 Å². The summed E-state index contributed by atoms with van der Waals surface area (Å²) in [6.45, 7) is 11.6. The van der Waals surface area contributed by atoms with Crippen LogP contribution in [0.3, 0.4) is 0 Å². The number of fused-ring (bicyclic) bond motifs is 2. The van der Waals surface area contributed by atoms with Crippen molar-refractivity contribution in [3.63, 3.8) is 0 Å². The molecule has 2 heterocycles. The number of nitrogens with zero attached hydrogens (tertiary/aromatic N) is 3. The molecule has 4 aromatic carbocycles. The van der Waals surface area contributed by atoms with E-state index < -0.39 is 11.8 Å². The fraction of sp³-hybridized carbons (Fsp3) is 0.238. The van der Waals surface area contributed by atoms with Gasteiger partial charge in [-0.3, -0.25) is 24.8 Å². The maximum Gasteiger partial charge on any atom is 0.271 e. The van der Waals surface area contributed by atoms with E-state index in [1.54, 1.807) is 24.3 Å². The van der Waals surface area contributed by atoms with E-state index in [0.717, 1.165) is 40.7 Å². The lowest BCUT2D eigenvalue weighted by atomic mass is 9.84. The second-order valence-corrected chi connectivity index (χ2v) is 14.2. The first-order valence-corrected chi connectivity index (χ1v) is 17.0. The highest BCUT2D eigenvalue weighted by Gasteiger charge is 2.32. The normalized spacial score (nSPS) is 16.2. The Kier molecular flexibility index (Phi) is 10.8. The summed E-state index contributed by atoms with van der Waals surface area (Å²) in [4.78, 5) is 40.9. The standard InChI is InChI=1S/C21H22N4O2.C21H21N3O/c1-13(26)14-8-10-16(11-9-14)24-25-19(20(22)27)18-17-7-5-4-6-15(17)12-21(2,3)23-18;1-14-8-10-16(11-9-14)23-20(25)18(13-22)19-17-7-5-4-6-15(17)12-21(2,3)24-19/h4-11,24H,12H2,1-3H3,(H2,22,27);4-11,24H,12H2,1-3H3,(H,23,25). The lowest BCUT2D eigenvalue weighted by molar-refractivity contribution is -0.113. The molecule has 5 N–H and O–H groups in total. The van der Waals surface area contributed by atoms with Crippen LogP contribution in [0.2, 0.25) is 0 Å². The number of carbonyl (C=O) groups excluding carboxylic acids is 3. The number of nitrogens with two attached hydrogens (primary N) is 1. The molecule has 2 amide bonds. The van der Waals surface area contributed by atoms with Crippen LogP contribution in [-0.2, 0) is 22.4 Å². The third kappa shape index (κ3) is 8.87. The number of rotatable bonds is 7. The number of aliphatic imine (C=N–C) groups is 1. The van der Waals surface area contributed by atoms with E-state index in [9.17, 15) is 19.6 Å². The predicted octanol–water partition coefficient (Wildman–Crippen LogP) is 6.76. The average Bonchev–Trinajstić information content (AvgIpc) is 3.09. The van der Waals surface area contributed by atoms with Crippen molar-refractivity contribution in [1.82, 2.24) is 5.32 Å². The Labute approximate surface area is 304 Å². The number of carbonyl (C=O) groups is 3. The summed E-state index contributed by atoms with van der Waals surface area (Å²) in [5, 5.41) is 20.1. The lowest BCUT2D eigenvalue weighted by Crippen LogP contribution is -2.44. The zero-order valence-corrected chi connectivity index (χ0v) is 30.3. The Balaban J connectivity index is 0.000000202. The van der Waals surface area contributed by atoms with Gasteiger partial charge in [0.2, 0.25) is 0 Å². The number of nitrogens with one attached hydrogen (secondary N) is 3. The van der Waals surface area contributed by atoms with E-state index >= 15 is 0 Å². The molecule has 0 unspecified atom stereocenters. The topological polar surface area (TPSA) is 162 Å². The van der Waals surface area contributed by atoms with Gasteiger partial charge in [0, 0.05) is 27.9 Å². The number of benzene rings is 4. The van der Waals surface area contributed by atoms with Crippen molar-refractivity contribution in [1.29, 1.82) is 5.26 Å². The number of hydrogen-bond donors (Lipinski definition) is 4. The van der Waals surface area contributed by atoms with Crippen molar-refractivity contribution in [2.24, 2.45) is 15.8 Å². The number of hydrazone groups is 1. The van der Waals surface area contributed by atoms with Crippen molar-refractivity contribution in [3.8, 4) is 6.07 Å². The SMILES string of the molecule is CC(=O)c1ccc(NN=C(C(N)=O)C2=NC(C)(C)Cc3ccccc32)cc1.Cc1ccc(NC(=O)C(C#N)=C2NC(C)(C)Cc3ccccc32)cc1. The molecule has 2 aliphatic heterocycles. The molecule has 10 heteroatoms. The molecule has 0 radical (unpaired) electrons. The minimum Gasteiger partial charge on any atom is -0.378 e. The molecule has 264 valence electrons. The summed E-state index contributed by atoms with van der Waals surface area (Å²) in [7, 11) is 0. The largest absolute Gasteiger partial charge is 0.378 e. The summed E-state index contributed by atoms with van der Waals surface area (Å²) in [6.07, 6.45) is 1.61. The molecular weight excluding hydrogens is 651 g/mol. The number of anilines is 2. The van der Waals surface area contributed by atoms with Gasteiger partial charge in [-0.25, -0.2) is 0 Å². The van der Waals surface area contributed by atoms with Gasteiger partial charge in [0.25, 0.3) is 11.8 Å². The van der Waals surface area contributed by atoms with Gasteiger partial charge in [-0.2, -0.15) is 10.4 Å². The Bertz CT molecular complexity index is 2150. The fourth-order valence-corrected chi connectivity index (χ4v) is 6.17. The molecule has 0 aliphatic carbocycles. The van der Waals surface area contributed by atoms with Crippen molar-refractivity contribution >= 4 is 46.1 Å². The first-order chi connectivity index (χ1) is 24.7. The van der Waals surface area contributed by atoms with Crippen molar-refractivity contribution in [3.05, 3.63) is 136 Å². The van der Waals surface area contributed by atoms with Crippen LogP contribution < -0.4 is 21.8 Å². The molecular formula is C42H43N7O3. The van der Waals surface area contributed by atoms with Gasteiger partial charge >= 0.3 is 0 Å². The van der Waals surface area contributed by atoms with Gasteiger partial charge in [-0.1, -0.05) is 66.2 Å². The number of Topliss-reactive ketones (excluding diaryl/α,β-unsaturated/α-hetero) is 1. The van der Waals surface area contributed by atoms with E-state index in [4.69, 9.17) is 10.7 Å². The number of nitriles is 1. The van der Waals surface area contributed by atoms with Crippen LogP contribution in [0.15, 0.2) is 113 Å². The highest BCUT2D eigenvalue weighted by atomic mass is 16.2. The summed E-state index contributed by atoms with van der Waals surface area (Å²) >= 11 is 0. The molecule has 6 rings (SSSR count). The Morgan fingerprint density at radius 1 is 0.827 bits per heavy atom. The quantitative estimate of drug-likeness (QED) is 0.0550. The van der Waals surface area contributed by atoms with Crippen LogP contribution in [0.25, 0.3) is 5.70 Å².